The maximum Gasteiger partial charge on any atom is 0.222 e. The highest BCUT2D eigenvalue weighted by atomic mass is 79.9. The van der Waals surface area contributed by atoms with Gasteiger partial charge in [0.15, 0.2) is 0 Å². The molecule has 1 fully saturated rings. The predicted octanol–water partition coefficient (Wildman–Crippen LogP) is 2.85. The summed E-state index contributed by atoms with van der Waals surface area (Å²) >= 11 is 3.43. The molecule has 1 N–H and O–H groups in total. The first-order valence-corrected chi connectivity index (χ1v) is 7.54. The Morgan fingerprint density at radius 2 is 2.35 bits per heavy atom. The van der Waals surface area contributed by atoms with Crippen LogP contribution in [0.4, 0.5) is 4.39 Å². The molecule has 108 valence electrons. The highest BCUT2D eigenvalue weighted by Crippen LogP contribution is 2.33. The third-order valence-electron chi connectivity index (χ3n) is 3.87. The van der Waals surface area contributed by atoms with Crippen LogP contribution < -0.4 is 10.1 Å². The molecule has 0 saturated carbocycles. The zero-order valence-corrected chi connectivity index (χ0v) is 13.1. The summed E-state index contributed by atoms with van der Waals surface area (Å²) in [7, 11) is 1.59. The zero-order chi connectivity index (χ0) is 14.3. The molecule has 1 aromatic carbocycles. The van der Waals surface area contributed by atoms with Crippen LogP contribution in [0.5, 0.6) is 5.75 Å². The fourth-order valence-corrected chi connectivity index (χ4v) is 3.11. The van der Waals surface area contributed by atoms with Gasteiger partial charge < -0.3 is 10.1 Å². The van der Waals surface area contributed by atoms with Crippen molar-refractivity contribution in [3.8, 4) is 5.75 Å². The van der Waals surface area contributed by atoms with Gasteiger partial charge in [-0.3, -0.25) is 0 Å². The number of benzene rings is 1. The number of aryl methyl sites for hydroxylation is 1. The van der Waals surface area contributed by atoms with Gasteiger partial charge >= 0.3 is 0 Å². The molecule has 4 nitrogen and oxygen atoms in total. The van der Waals surface area contributed by atoms with Crippen molar-refractivity contribution in [3.05, 3.63) is 22.6 Å². The van der Waals surface area contributed by atoms with E-state index in [1.807, 2.05) is 13.0 Å². The van der Waals surface area contributed by atoms with Crippen LogP contribution in [-0.4, -0.2) is 29.0 Å². The Kier molecular flexibility index (Phi) is 3.69. The summed E-state index contributed by atoms with van der Waals surface area (Å²) in [6.45, 7) is 4.01. The Morgan fingerprint density at radius 1 is 1.55 bits per heavy atom. The van der Waals surface area contributed by atoms with E-state index in [0.717, 1.165) is 24.0 Å². The van der Waals surface area contributed by atoms with Crippen molar-refractivity contribution in [2.24, 2.45) is 13.0 Å². The third kappa shape index (κ3) is 2.42. The summed E-state index contributed by atoms with van der Waals surface area (Å²) in [4.78, 5) is 0. The highest BCUT2D eigenvalue weighted by Gasteiger charge is 2.24. The second-order valence-electron chi connectivity index (χ2n) is 5.29. The quantitative estimate of drug-likeness (QED) is 0.932. The molecule has 2 atom stereocenters. The molecule has 1 aliphatic rings. The van der Waals surface area contributed by atoms with Gasteiger partial charge in [-0.25, -0.2) is 4.68 Å². The van der Waals surface area contributed by atoms with Gasteiger partial charge in [0.1, 0.15) is 11.3 Å². The van der Waals surface area contributed by atoms with Gasteiger partial charge in [0.05, 0.1) is 11.5 Å². The lowest BCUT2D eigenvalue weighted by Crippen LogP contribution is -2.25. The van der Waals surface area contributed by atoms with Crippen LogP contribution in [0.25, 0.3) is 10.9 Å². The number of rotatable bonds is 3. The number of ether oxygens (including phenoxy) is 1. The van der Waals surface area contributed by atoms with E-state index in [9.17, 15) is 4.39 Å². The van der Waals surface area contributed by atoms with Crippen LogP contribution in [0.2, 0.25) is 0 Å². The van der Waals surface area contributed by atoms with Crippen molar-refractivity contribution in [3.63, 3.8) is 0 Å². The van der Waals surface area contributed by atoms with Crippen LogP contribution in [0.1, 0.15) is 13.3 Å². The standard InChI is InChI=1S/C14H17BrFN3O/c1-8(9-3-4-17-7-9)20-12-6-10(15)5-11-13(12)14(16)19(2)18-11/h5-6,8-9,17H,3-4,7H2,1-2H3/t8-,9-/m1/s1. The van der Waals surface area contributed by atoms with E-state index < -0.39 is 0 Å². The minimum atomic E-state index is -0.362. The minimum absolute atomic E-state index is 0.0436. The first-order valence-electron chi connectivity index (χ1n) is 6.75. The first-order chi connectivity index (χ1) is 9.56. The lowest BCUT2D eigenvalue weighted by Gasteiger charge is -2.20. The number of aromatic nitrogens is 2. The van der Waals surface area contributed by atoms with E-state index >= 15 is 0 Å². The molecular weight excluding hydrogens is 325 g/mol. The van der Waals surface area contributed by atoms with Crippen molar-refractivity contribution < 1.29 is 9.13 Å². The minimum Gasteiger partial charge on any atom is -0.489 e. The second kappa shape index (κ2) is 5.33. The molecule has 2 aromatic rings. The molecular formula is C14H17BrFN3O. The number of halogens is 2. The number of nitrogens with zero attached hydrogens (tertiary/aromatic N) is 2. The molecule has 0 spiro atoms. The fraction of sp³-hybridized carbons (Fsp3) is 0.500. The van der Waals surface area contributed by atoms with Gasteiger partial charge in [-0.1, -0.05) is 15.9 Å². The topological polar surface area (TPSA) is 39.1 Å². The van der Waals surface area contributed by atoms with Crippen LogP contribution >= 0.6 is 15.9 Å². The van der Waals surface area contributed by atoms with Crippen LogP contribution in [0.15, 0.2) is 16.6 Å². The van der Waals surface area contributed by atoms with Crippen LogP contribution in [0, 0.1) is 11.9 Å². The molecule has 20 heavy (non-hydrogen) atoms. The third-order valence-corrected chi connectivity index (χ3v) is 4.33. The number of hydrogen-bond donors (Lipinski definition) is 1. The van der Waals surface area contributed by atoms with E-state index in [1.165, 1.54) is 4.68 Å². The Balaban J connectivity index is 1.97. The zero-order valence-electron chi connectivity index (χ0n) is 11.5. The van der Waals surface area contributed by atoms with Crippen molar-refractivity contribution in [2.45, 2.75) is 19.4 Å². The smallest absolute Gasteiger partial charge is 0.222 e. The largest absolute Gasteiger partial charge is 0.489 e. The van der Waals surface area contributed by atoms with E-state index in [0.29, 0.717) is 22.6 Å². The van der Waals surface area contributed by atoms with Gasteiger partial charge in [-0.05, 0) is 32.0 Å². The van der Waals surface area contributed by atoms with Crippen molar-refractivity contribution in [2.75, 3.05) is 13.1 Å². The summed E-state index contributed by atoms with van der Waals surface area (Å²) in [6.07, 6.45) is 1.13. The normalized spacial score (nSPS) is 20.5. The average Bonchev–Trinajstić information content (AvgIpc) is 2.99. The van der Waals surface area contributed by atoms with E-state index in [2.05, 4.69) is 26.3 Å². The molecule has 0 aliphatic carbocycles. The fourth-order valence-electron chi connectivity index (χ4n) is 2.69. The van der Waals surface area contributed by atoms with E-state index in [-0.39, 0.29) is 12.1 Å². The molecule has 0 unspecified atom stereocenters. The summed E-state index contributed by atoms with van der Waals surface area (Å²) < 4.78 is 22.3. The van der Waals surface area contributed by atoms with Gasteiger partial charge in [-0.2, -0.15) is 9.49 Å². The molecule has 1 aromatic heterocycles. The SMILES string of the molecule is C[C@@H](Oc1cc(Br)cc2nn(C)c(F)c12)[C@@H]1CCNC1. The Labute approximate surface area is 125 Å². The summed E-state index contributed by atoms with van der Waals surface area (Å²) in [5, 5.41) is 7.93. The number of fused-ring (bicyclic) bond motifs is 1. The molecule has 1 aliphatic heterocycles. The molecule has 2 heterocycles. The van der Waals surface area contributed by atoms with Gasteiger partial charge in [-0.15, -0.1) is 0 Å². The molecule has 1 saturated heterocycles. The van der Waals surface area contributed by atoms with Crippen LogP contribution in [-0.2, 0) is 7.05 Å². The predicted molar refractivity (Wildman–Crippen MR) is 79.4 cm³/mol. The van der Waals surface area contributed by atoms with Crippen molar-refractivity contribution >= 4 is 26.8 Å². The maximum absolute atomic E-state index is 14.2. The average molecular weight is 342 g/mol. The molecule has 0 radical (unpaired) electrons. The molecule has 3 rings (SSSR count). The summed E-state index contributed by atoms with van der Waals surface area (Å²) in [6, 6.07) is 3.61. The molecule has 0 bridgehead atoms. The van der Waals surface area contributed by atoms with Gasteiger partial charge in [0.2, 0.25) is 5.95 Å². The summed E-state index contributed by atoms with van der Waals surface area (Å²) in [5.74, 6) is 0.655. The monoisotopic (exact) mass is 341 g/mol. The van der Waals surface area contributed by atoms with Crippen LogP contribution in [0.3, 0.4) is 0 Å². The van der Waals surface area contributed by atoms with E-state index in [1.54, 1.807) is 13.1 Å². The highest BCUT2D eigenvalue weighted by molar-refractivity contribution is 9.10. The molecule has 0 amide bonds. The maximum atomic E-state index is 14.2. The van der Waals surface area contributed by atoms with Crippen molar-refractivity contribution in [1.29, 1.82) is 0 Å². The molecule has 6 heteroatoms. The first kappa shape index (κ1) is 13.8. The number of hydrogen-bond acceptors (Lipinski definition) is 3. The lowest BCUT2D eigenvalue weighted by molar-refractivity contribution is 0.163. The van der Waals surface area contributed by atoms with Crippen molar-refractivity contribution in [1.82, 2.24) is 15.1 Å². The number of nitrogens with one attached hydrogen (secondary N) is 1. The Bertz CT molecular complexity index is 637. The van der Waals surface area contributed by atoms with E-state index in [4.69, 9.17) is 4.74 Å². The Morgan fingerprint density at radius 3 is 3.05 bits per heavy atom. The Hall–Kier alpha value is -1.14. The van der Waals surface area contributed by atoms with Gasteiger partial charge in [0, 0.05) is 24.0 Å². The van der Waals surface area contributed by atoms with Gasteiger partial charge in [0.25, 0.3) is 0 Å². The summed E-state index contributed by atoms with van der Waals surface area (Å²) in [5.41, 5.74) is 0.603. The lowest BCUT2D eigenvalue weighted by atomic mass is 10.0. The second-order valence-corrected chi connectivity index (χ2v) is 6.20.